The molecule has 0 aliphatic carbocycles. The summed E-state index contributed by atoms with van der Waals surface area (Å²) in [5.74, 6) is 2.41. The molecule has 0 bridgehead atoms. The van der Waals surface area contributed by atoms with E-state index in [1.54, 1.807) is 0 Å². The van der Waals surface area contributed by atoms with Gasteiger partial charge in [0.15, 0.2) is 5.71 Å². The van der Waals surface area contributed by atoms with Gasteiger partial charge in [-0.1, -0.05) is 18.2 Å². The lowest BCUT2D eigenvalue weighted by Gasteiger charge is -2.05. The predicted molar refractivity (Wildman–Crippen MR) is 106 cm³/mol. The maximum absolute atomic E-state index is 5.91. The fraction of sp³-hybridized carbons (Fsp3) is 0.304. The summed E-state index contributed by atoms with van der Waals surface area (Å²) in [5, 5.41) is 0. The van der Waals surface area contributed by atoms with Crippen molar-refractivity contribution in [1.29, 1.82) is 0 Å². The van der Waals surface area contributed by atoms with Crippen molar-refractivity contribution in [2.24, 2.45) is 0 Å². The quantitative estimate of drug-likeness (QED) is 0.653. The molecule has 1 atom stereocenters. The summed E-state index contributed by atoms with van der Waals surface area (Å²) < 4.78 is 11.7. The van der Waals surface area contributed by atoms with Gasteiger partial charge >= 0.3 is 0 Å². The average molecular weight is 397 g/mol. The van der Waals surface area contributed by atoms with Gasteiger partial charge in [0.25, 0.3) is 0 Å². The molecule has 0 spiro atoms. The Labute approximate surface area is 172 Å². The first-order valence-electron chi connectivity index (χ1n) is 9.56. The van der Waals surface area contributed by atoms with E-state index in [1.165, 1.54) is 17.7 Å². The van der Waals surface area contributed by atoms with E-state index in [1.807, 2.05) is 49.4 Å². The molecular formula is C23H25ClN2O2. The second-order valence-electron chi connectivity index (χ2n) is 7.07. The van der Waals surface area contributed by atoms with Crippen molar-refractivity contribution >= 4 is 5.71 Å². The van der Waals surface area contributed by atoms with Crippen LogP contribution < -0.4 is 22.1 Å². The highest BCUT2D eigenvalue weighted by Gasteiger charge is 2.21. The molecule has 2 heterocycles. The molecule has 0 saturated heterocycles. The Kier molecular flexibility index (Phi) is 6.53. The number of benzene rings is 2. The topological polar surface area (TPSA) is 49.2 Å². The molecule has 4 nitrogen and oxygen atoms in total. The largest absolute Gasteiger partial charge is 1.00 e. The van der Waals surface area contributed by atoms with Crippen LogP contribution in [-0.2, 0) is 6.42 Å². The molecule has 0 amide bonds. The van der Waals surface area contributed by atoms with E-state index in [0.717, 1.165) is 35.6 Å². The lowest BCUT2D eigenvalue weighted by atomic mass is 10.1. The average Bonchev–Trinajstić information content (AvgIpc) is 3.29. The number of halogens is 1. The molecule has 0 radical (unpaired) electrons. The van der Waals surface area contributed by atoms with Crippen molar-refractivity contribution in [3.05, 3.63) is 71.6 Å². The molecule has 1 aliphatic rings. The minimum atomic E-state index is 0. The lowest BCUT2D eigenvalue weighted by molar-refractivity contribution is -0.487. The van der Waals surface area contributed by atoms with Crippen molar-refractivity contribution in [3.8, 4) is 17.2 Å². The summed E-state index contributed by atoms with van der Waals surface area (Å²) >= 11 is 0. The van der Waals surface area contributed by atoms with E-state index in [0.29, 0.717) is 18.5 Å². The number of oxazole rings is 1. The van der Waals surface area contributed by atoms with E-state index in [4.69, 9.17) is 9.15 Å². The third kappa shape index (κ3) is 4.63. The van der Waals surface area contributed by atoms with E-state index in [-0.39, 0.29) is 12.4 Å². The van der Waals surface area contributed by atoms with Crippen molar-refractivity contribution in [1.82, 2.24) is 4.98 Å². The van der Waals surface area contributed by atoms with Crippen LogP contribution in [0.25, 0.3) is 11.5 Å². The van der Waals surface area contributed by atoms with Gasteiger partial charge in [0.1, 0.15) is 17.6 Å². The smallest absolute Gasteiger partial charge is 0.226 e. The number of hydrogen-bond acceptors (Lipinski definition) is 3. The zero-order chi connectivity index (χ0) is 18.6. The van der Waals surface area contributed by atoms with Crippen LogP contribution >= 0.6 is 0 Å². The van der Waals surface area contributed by atoms with Crippen LogP contribution in [0.5, 0.6) is 5.75 Å². The molecule has 5 heteroatoms. The van der Waals surface area contributed by atoms with Crippen LogP contribution in [0.4, 0.5) is 0 Å². The van der Waals surface area contributed by atoms with Crippen LogP contribution in [0.2, 0.25) is 0 Å². The van der Waals surface area contributed by atoms with Crippen LogP contribution in [0.1, 0.15) is 36.8 Å². The van der Waals surface area contributed by atoms with Gasteiger partial charge in [0, 0.05) is 30.4 Å². The van der Waals surface area contributed by atoms with E-state index < -0.39 is 0 Å². The number of nitrogens with one attached hydrogen (secondary N) is 1. The zero-order valence-electron chi connectivity index (χ0n) is 16.2. The highest BCUT2D eigenvalue weighted by Crippen LogP contribution is 2.22. The molecule has 1 aromatic heterocycles. The normalized spacial score (nSPS) is 15.8. The molecule has 1 unspecified atom stereocenters. The maximum atomic E-state index is 5.91. The van der Waals surface area contributed by atoms with Crippen LogP contribution in [0.15, 0.2) is 59.0 Å². The molecule has 146 valence electrons. The highest BCUT2D eigenvalue weighted by molar-refractivity contribution is 5.96. The molecule has 0 saturated carbocycles. The molecule has 2 aromatic carbocycles. The Hall–Kier alpha value is -2.59. The number of hydrogen-bond donors (Lipinski definition) is 1. The highest BCUT2D eigenvalue weighted by atomic mass is 35.5. The summed E-state index contributed by atoms with van der Waals surface area (Å²) in [5.41, 5.74) is 4.54. The van der Waals surface area contributed by atoms with Gasteiger partial charge in [0.05, 0.1) is 12.3 Å². The van der Waals surface area contributed by atoms with Gasteiger partial charge in [-0.3, -0.25) is 0 Å². The molecule has 28 heavy (non-hydrogen) atoms. The fourth-order valence-electron chi connectivity index (χ4n) is 3.41. The Morgan fingerprint density at radius 1 is 1.07 bits per heavy atom. The van der Waals surface area contributed by atoms with E-state index >= 15 is 0 Å². The second kappa shape index (κ2) is 9.07. The van der Waals surface area contributed by atoms with Crippen LogP contribution in [0.3, 0.4) is 0 Å². The molecular weight excluding hydrogens is 372 g/mol. The lowest BCUT2D eigenvalue weighted by Crippen LogP contribution is -3.00. The Bertz CT molecular complexity index is 933. The molecule has 1 N–H and O–H groups in total. The minimum Gasteiger partial charge on any atom is -1.00 e. The summed E-state index contributed by atoms with van der Waals surface area (Å²) in [7, 11) is 0. The van der Waals surface area contributed by atoms with E-state index in [2.05, 4.69) is 29.0 Å². The van der Waals surface area contributed by atoms with Gasteiger partial charge < -0.3 is 21.6 Å². The zero-order valence-corrected chi connectivity index (χ0v) is 17.0. The van der Waals surface area contributed by atoms with Crippen molar-refractivity contribution in [2.75, 3.05) is 6.61 Å². The fourth-order valence-corrected chi connectivity index (χ4v) is 3.41. The van der Waals surface area contributed by atoms with Gasteiger partial charge in [-0.05, 0) is 50.2 Å². The molecule has 1 aliphatic heterocycles. The second-order valence-corrected chi connectivity index (χ2v) is 7.07. The summed E-state index contributed by atoms with van der Waals surface area (Å²) in [6, 6.07) is 18.9. The van der Waals surface area contributed by atoms with Crippen molar-refractivity contribution < 1.29 is 26.6 Å². The number of ether oxygens (including phenoxy) is 1. The van der Waals surface area contributed by atoms with Crippen molar-refractivity contribution in [3.63, 3.8) is 0 Å². The van der Waals surface area contributed by atoms with Gasteiger partial charge in [-0.25, -0.2) is 9.98 Å². The number of aromatic nitrogens is 1. The Balaban J connectivity index is 0.00000225. The first-order chi connectivity index (χ1) is 13.2. The molecule has 0 fully saturated rings. The third-order valence-electron chi connectivity index (χ3n) is 4.97. The summed E-state index contributed by atoms with van der Waals surface area (Å²) in [6.45, 7) is 4.75. The van der Waals surface area contributed by atoms with Gasteiger partial charge in [0.2, 0.25) is 5.89 Å². The minimum absolute atomic E-state index is 0. The molecule has 3 aromatic rings. The SMILES string of the molecule is Cc1oc(-c2ccccc2)nc1CCOc1ccc(C2=[NH+]C(C)CC2)cc1.[Cl-]. The van der Waals surface area contributed by atoms with E-state index in [9.17, 15) is 0 Å². The summed E-state index contributed by atoms with van der Waals surface area (Å²) in [6.07, 6.45) is 3.05. The van der Waals surface area contributed by atoms with Gasteiger partial charge in [-0.15, -0.1) is 0 Å². The maximum Gasteiger partial charge on any atom is 0.226 e. The molecule has 4 rings (SSSR count). The van der Waals surface area contributed by atoms with Crippen molar-refractivity contribution in [2.45, 2.75) is 39.2 Å². The first kappa shape index (κ1) is 20.2. The van der Waals surface area contributed by atoms with Crippen LogP contribution in [-0.4, -0.2) is 23.3 Å². The van der Waals surface area contributed by atoms with Gasteiger partial charge in [-0.2, -0.15) is 0 Å². The number of rotatable bonds is 6. The predicted octanol–water partition coefficient (Wildman–Crippen LogP) is 0.328. The standard InChI is InChI=1S/C23H24N2O2.ClH/c1-16-8-13-22(24-16)18-9-11-20(12-10-18)26-15-14-21-17(2)27-23(25-21)19-6-4-3-5-7-19;/h3-7,9-12,16H,8,13-15H2,1-2H3;1H. The third-order valence-corrected chi connectivity index (χ3v) is 4.97. The summed E-state index contributed by atoms with van der Waals surface area (Å²) in [4.78, 5) is 8.16. The first-order valence-corrected chi connectivity index (χ1v) is 9.56. The van der Waals surface area contributed by atoms with Crippen LogP contribution in [0, 0.1) is 6.92 Å². The number of aryl methyl sites for hydroxylation is 1. The Morgan fingerprint density at radius 2 is 1.82 bits per heavy atom. The monoisotopic (exact) mass is 396 g/mol. The Morgan fingerprint density at radius 3 is 2.50 bits per heavy atom. The number of nitrogens with zero attached hydrogens (tertiary/aromatic N) is 1.